The van der Waals surface area contributed by atoms with E-state index in [0.717, 1.165) is 27.9 Å². The minimum atomic E-state index is -0.307. The van der Waals surface area contributed by atoms with E-state index in [-0.39, 0.29) is 17.7 Å². The normalized spacial score (nSPS) is 12.5. The third-order valence-corrected chi connectivity index (χ3v) is 5.27. The molecule has 0 bridgehead atoms. The van der Waals surface area contributed by atoms with Crippen LogP contribution in [0.1, 0.15) is 36.8 Å². The molecule has 4 heterocycles. The van der Waals surface area contributed by atoms with E-state index >= 15 is 0 Å². The molecule has 1 unspecified atom stereocenters. The molecule has 4 rings (SSSR count). The van der Waals surface area contributed by atoms with Gasteiger partial charge in [-0.05, 0) is 39.0 Å². The lowest BCUT2D eigenvalue weighted by Crippen LogP contribution is -2.26. The fraction of sp³-hybridized carbons (Fsp3) is 0.304. The van der Waals surface area contributed by atoms with Gasteiger partial charge in [0.05, 0.1) is 11.3 Å². The average Bonchev–Trinajstić information content (AvgIpc) is 3.17. The minimum absolute atomic E-state index is 0.149. The van der Waals surface area contributed by atoms with Crippen molar-refractivity contribution in [2.24, 2.45) is 7.05 Å². The molecule has 0 aliphatic rings. The predicted molar refractivity (Wildman–Crippen MR) is 121 cm³/mol. The van der Waals surface area contributed by atoms with Crippen molar-refractivity contribution < 1.29 is 4.74 Å². The van der Waals surface area contributed by atoms with Gasteiger partial charge in [-0.25, -0.2) is 9.97 Å². The second-order valence-electron chi connectivity index (χ2n) is 7.79. The molecule has 0 aliphatic heterocycles. The van der Waals surface area contributed by atoms with Crippen molar-refractivity contribution in [1.82, 2.24) is 24.5 Å². The molecule has 0 radical (unpaired) electrons. The average molecular weight is 419 g/mol. The lowest BCUT2D eigenvalue weighted by Gasteiger charge is -2.18. The maximum absolute atomic E-state index is 12.9. The molecule has 0 fully saturated rings. The zero-order valence-corrected chi connectivity index (χ0v) is 18.3. The van der Waals surface area contributed by atoms with Gasteiger partial charge in [0, 0.05) is 61.0 Å². The Morgan fingerprint density at radius 3 is 2.68 bits per heavy atom. The molecule has 160 valence electrons. The summed E-state index contributed by atoms with van der Waals surface area (Å²) in [6.07, 6.45) is 4.94. The Hall–Kier alpha value is -3.52. The first kappa shape index (κ1) is 20.7. The SMILES string of the molecule is COC(c1ccc(-c2cnc(NC(C)C)n(C)c2=O)nc1C)c1c[nH]c2ncccc12. The molecule has 0 saturated carbocycles. The highest BCUT2D eigenvalue weighted by Gasteiger charge is 2.21. The highest BCUT2D eigenvalue weighted by molar-refractivity contribution is 5.80. The number of hydrogen-bond donors (Lipinski definition) is 2. The number of aromatic amines is 1. The first-order valence-corrected chi connectivity index (χ1v) is 10.2. The maximum atomic E-state index is 12.9. The van der Waals surface area contributed by atoms with Crippen LogP contribution in [0.4, 0.5) is 5.95 Å². The number of anilines is 1. The number of aryl methyl sites for hydroxylation is 1. The van der Waals surface area contributed by atoms with E-state index in [4.69, 9.17) is 9.72 Å². The first-order valence-electron chi connectivity index (χ1n) is 10.2. The van der Waals surface area contributed by atoms with Crippen molar-refractivity contribution in [3.63, 3.8) is 0 Å². The Morgan fingerprint density at radius 2 is 1.97 bits per heavy atom. The highest BCUT2D eigenvalue weighted by atomic mass is 16.5. The molecule has 1 atom stereocenters. The summed E-state index contributed by atoms with van der Waals surface area (Å²) in [6, 6.07) is 7.89. The molecule has 2 N–H and O–H groups in total. The molecular weight excluding hydrogens is 392 g/mol. The van der Waals surface area contributed by atoms with Crippen molar-refractivity contribution in [2.45, 2.75) is 32.9 Å². The third kappa shape index (κ3) is 3.82. The van der Waals surface area contributed by atoms with Crippen LogP contribution in [-0.4, -0.2) is 37.7 Å². The zero-order valence-electron chi connectivity index (χ0n) is 18.3. The zero-order chi connectivity index (χ0) is 22.1. The molecule has 0 saturated heterocycles. The van der Waals surface area contributed by atoms with Crippen LogP contribution in [-0.2, 0) is 11.8 Å². The second kappa shape index (κ2) is 8.31. The number of H-pyrrole nitrogens is 1. The Kier molecular flexibility index (Phi) is 5.56. The van der Waals surface area contributed by atoms with E-state index in [9.17, 15) is 4.79 Å². The van der Waals surface area contributed by atoms with Gasteiger partial charge < -0.3 is 15.0 Å². The number of nitrogens with one attached hydrogen (secondary N) is 2. The summed E-state index contributed by atoms with van der Waals surface area (Å²) in [5, 5.41) is 4.18. The molecule has 8 heteroatoms. The topological polar surface area (TPSA) is 97.7 Å². The fourth-order valence-electron chi connectivity index (χ4n) is 3.73. The van der Waals surface area contributed by atoms with Gasteiger partial charge in [-0.2, -0.15) is 0 Å². The maximum Gasteiger partial charge on any atom is 0.264 e. The van der Waals surface area contributed by atoms with Crippen LogP contribution >= 0.6 is 0 Å². The molecule has 0 spiro atoms. The molecule has 0 aromatic carbocycles. The summed E-state index contributed by atoms with van der Waals surface area (Å²) in [7, 11) is 3.38. The number of pyridine rings is 2. The molecule has 4 aromatic rings. The van der Waals surface area contributed by atoms with Crippen LogP contribution in [0.2, 0.25) is 0 Å². The quantitative estimate of drug-likeness (QED) is 0.497. The van der Waals surface area contributed by atoms with Crippen molar-refractivity contribution in [2.75, 3.05) is 12.4 Å². The number of fused-ring (bicyclic) bond motifs is 1. The van der Waals surface area contributed by atoms with Gasteiger partial charge in [0.2, 0.25) is 5.95 Å². The van der Waals surface area contributed by atoms with Gasteiger partial charge in [0.15, 0.2) is 0 Å². The summed E-state index contributed by atoms with van der Waals surface area (Å²) >= 11 is 0. The fourth-order valence-corrected chi connectivity index (χ4v) is 3.73. The minimum Gasteiger partial charge on any atom is -0.372 e. The van der Waals surface area contributed by atoms with E-state index in [1.54, 1.807) is 26.6 Å². The van der Waals surface area contributed by atoms with Gasteiger partial charge in [0.1, 0.15) is 11.8 Å². The van der Waals surface area contributed by atoms with Crippen LogP contribution in [0, 0.1) is 6.92 Å². The number of ether oxygens (including phenoxy) is 1. The lowest BCUT2D eigenvalue weighted by atomic mass is 9.99. The van der Waals surface area contributed by atoms with Crippen LogP contribution < -0.4 is 10.9 Å². The monoisotopic (exact) mass is 418 g/mol. The van der Waals surface area contributed by atoms with Crippen LogP contribution in [0.25, 0.3) is 22.3 Å². The predicted octanol–water partition coefficient (Wildman–Crippen LogP) is 3.58. The number of methoxy groups -OCH3 is 1. The van der Waals surface area contributed by atoms with Gasteiger partial charge in [-0.3, -0.25) is 14.3 Å². The van der Waals surface area contributed by atoms with Crippen LogP contribution in [0.3, 0.4) is 0 Å². The summed E-state index contributed by atoms with van der Waals surface area (Å²) in [6.45, 7) is 5.92. The Bertz CT molecular complexity index is 1290. The molecular formula is C23H26N6O2. The van der Waals surface area contributed by atoms with Crippen LogP contribution in [0.5, 0.6) is 0 Å². The summed E-state index contributed by atoms with van der Waals surface area (Å²) in [5.41, 5.74) is 4.41. The number of aromatic nitrogens is 5. The van der Waals surface area contributed by atoms with Gasteiger partial charge in [-0.1, -0.05) is 6.07 Å². The lowest BCUT2D eigenvalue weighted by molar-refractivity contribution is 0.137. The number of nitrogens with zero attached hydrogens (tertiary/aromatic N) is 4. The molecule has 8 nitrogen and oxygen atoms in total. The number of hydrogen-bond acceptors (Lipinski definition) is 6. The molecule has 0 amide bonds. The Labute approximate surface area is 180 Å². The molecule has 4 aromatic heterocycles. The van der Waals surface area contributed by atoms with E-state index in [1.807, 2.05) is 51.2 Å². The van der Waals surface area contributed by atoms with Crippen molar-refractivity contribution in [3.05, 3.63) is 70.0 Å². The Morgan fingerprint density at radius 1 is 1.16 bits per heavy atom. The van der Waals surface area contributed by atoms with Crippen molar-refractivity contribution >= 4 is 17.0 Å². The Balaban J connectivity index is 1.73. The standard InChI is InChI=1S/C23H26N6O2/c1-13(2)27-23-26-12-18(22(30)29(23)4)19-9-8-15(14(3)28-19)20(31-5)17-11-25-21-16(17)7-6-10-24-21/h6-13,20H,1-5H3,(H,24,25)(H,26,27). The van der Waals surface area contributed by atoms with E-state index in [1.165, 1.54) is 4.57 Å². The molecule has 0 aliphatic carbocycles. The van der Waals surface area contributed by atoms with Gasteiger partial charge in [-0.15, -0.1) is 0 Å². The number of rotatable bonds is 6. The largest absolute Gasteiger partial charge is 0.372 e. The van der Waals surface area contributed by atoms with Gasteiger partial charge in [0.25, 0.3) is 5.56 Å². The second-order valence-corrected chi connectivity index (χ2v) is 7.79. The smallest absolute Gasteiger partial charge is 0.264 e. The van der Waals surface area contributed by atoms with E-state index < -0.39 is 0 Å². The van der Waals surface area contributed by atoms with Crippen molar-refractivity contribution in [3.8, 4) is 11.3 Å². The van der Waals surface area contributed by atoms with Crippen LogP contribution in [0.15, 0.2) is 47.7 Å². The summed E-state index contributed by atoms with van der Waals surface area (Å²) in [5.74, 6) is 0.532. The highest BCUT2D eigenvalue weighted by Crippen LogP contribution is 2.32. The van der Waals surface area contributed by atoms with E-state index in [0.29, 0.717) is 17.2 Å². The third-order valence-electron chi connectivity index (χ3n) is 5.27. The summed E-state index contributed by atoms with van der Waals surface area (Å²) in [4.78, 5) is 29.6. The van der Waals surface area contributed by atoms with E-state index in [2.05, 4.69) is 20.3 Å². The van der Waals surface area contributed by atoms with Gasteiger partial charge >= 0.3 is 0 Å². The molecule has 31 heavy (non-hydrogen) atoms. The first-order chi connectivity index (χ1) is 14.9. The summed E-state index contributed by atoms with van der Waals surface area (Å²) < 4.78 is 7.35. The van der Waals surface area contributed by atoms with Crippen molar-refractivity contribution in [1.29, 1.82) is 0 Å².